The largest absolute Gasteiger partial charge is 0.378 e. The SMILES string of the molecule is CC(CC1CC(c2ccccc2)(C(C)C)CCO1)C1CCN(C)CC1. The summed E-state index contributed by atoms with van der Waals surface area (Å²) in [7, 11) is 2.25. The van der Waals surface area contributed by atoms with Crippen LogP contribution in [0.2, 0.25) is 0 Å². The lowest BCUT2D eigenvalue weighted by Crippen LogP contribution is -2.43. The molecule has 140 valence electrons. The normalized spacial score (nSPS) is 30.5. The van der Waals surface area contributed by atoms with Crippen LogP contribution in [0.3, 0.4) is 0 Å². The van der Waals surface area contributed by atoms with Gasteiger partial charge in [-0.05, 0) is 75.6 Å². The highest BCUT2D eigenvalue weighted by atomic mass is 16.5. The van der Waals surface area contributed by atoms with Crippen molar-refractivity contribution in [2.75, 3.05) is 26.7 Å². The fourth-order valence-electron chi connectivity index (χ4n) is 5.22. The molecule has 1 aromatic rings. The number of piperidine rings is 1. The van der Waals surface area contributed by atoms with Gasteiger partial charge in [0.2, 0.25) is 0 Å². The Hall–Kier alpha value is -0.860. The number of rotatable bonds is 5. The first-order valence-corrected chi connectivity index (χ1v) is 10.4. The number of hydrogen-bond donors (Lipinski definition) is 0. The van der Waals surface area contributed by atoms with Gasteiger partial charge in [0.15, 0.2) is 0 Å². The Morgan fingerprint density at radius 1 is 1.12 bits per heavy atom. The Morgan fingerprint density at radius 3 is 2.44 bits per heavy atom. The van der Waals surface area contributed by atoms with E-state index in [4.69, 9.17) is 4.74 Å². The van der Waals surface area contributed by atoms with Gasteiger partial charge in [0, 0.05) is 12.0 Å². The predicted molar refractivity (Wildman–Crippen MR) is 106 cm³/mol. The molecule has 0 saturated carbocycles. The monoisotopic (exact) mass is 343 g/mol. The molecule has 2 saturated heterocycles. The predicted octanol–water partition coefficient (Wildman–Crippen LogP) is 5.13. The van der Waals surface area contributed by atoms with Crippen molar-refractivity contribution in [3.05, 3.63) is 35.9 Å². The Bertz CT molecular complexity index is 520. The molecule has 2 fully saturated rings. The van der Waals surface area contributed by atoms with E-state index < -0.39 is 0 Å². The summed E-state index contributed by atoms with van der Waals surface area (Å²) < 4.78 is 6.28. The van der Waals surface area contributed by atoms with Crippen LogP contribution >= 0.6 is 0 Å². The number of ether oxygens (including phenoxy) is 1. The van der Waals surface area contributed by atoms with Gasteiger partial charge in [0.1, 0.15) is 0 Å². The quantitative estimate of drug-likeness (QED) is 0.735. The van der Waals surface area contributed by atoms with Crippen LogP contribution in [0, 0.1) is 17.8 Å². The molecule has 2 heterocycles. The molecule has 1 aromatic carbocycles. The topological polar surface area (TPSA) is 12.5 Å². The summed E-state index contributed by atoms with van der Waals surface area (Å²) in [5.74, 6) is 2.31. The zero-order valence-electron chi connectivity index (χ0n) is 16.7. The van der Waals surface area contributed by atoms with Crippen LogP contribution in [0.15, 0.2) is 30.3 Å². The van der Waals surface area contributed by atoms with Gasteiger partial charge in [-0.3, -0.25) is 0 Å². The highest BCUT2D eigenvalue weighted by molar-refractivity contribution is 5.27. The second kappa shape index (κ2) is 8.22. The molecule has 2 nitrogen and oxygen atoms in total. The highest BCUT2D eigenvalue weighted by Gasteiger charge is 2.41. The number of likely N-dealkylation sites (tertiary alicyclic amines) is 1. The maximum absolute atomic E-state index is 6.28. The van der Waals surface area contributed by atoms with Gasteiger partial charge >= 0.3 is 0 Å². The molecule has 2 aliphatic heterocycles. The standard InChI is InChI=1S/C23H37NO/c1-18(2)23(21-8-6-5-7-9-21)12-15-25-22(17-23)16-19(3)20-10-13-24(4)14-11-20/h5-9,18-20,22H,10-17H2,1-4H3. The van der Waals surface area contributed by atoms with Crippen molar-refractivity contribution in [1.82, 2.24) is 4.90 Å². The summed E-state index contributed by atoms with van der Waals surface area (Å²) in [6, 6.07) is 11.2. The first-order valence-electron chi connectivity index (χ1n) is 10.4. The molecule has 3 atom stereocenters. The van der Waals surface area contributed by atoms with E-state index in [0.717, 1.165) is 24.9 Å². The van der Waals surface area contributed by atoms with Crippen LogP contribution < -0.4 is 0 Å². The van der Waals surface area contributed by atoms with E-state index in [2.05, 4.69) is 63.1 Å². The minimum absolute atomic E-state index is 0.288. The summed E-state index contributed by atoms with van der Waals surface area (Å²) in [6.45, 7) is 10.7. The molecule has 3 unspecified atom stereocenters. The molecule has 0 aliphatic carbocycles. The second-order valence-electron chi connectivity index (χ2n) is 8.98. The van der Waals surface area contributed by atoms with E-state index in [9.17, 15) is 0 Å². The van der Waals surface area contributed by atoms with Crippen LogP contribution in [0.5, 0.6) is 0 Å². The highest BCUT2D eigenvalue weighted by Crippen LogP contribution is 2.45. The fourth-order valence-corrected chi connectivity index (χ4v) is 5.22. The molecule has 0 spiro atoms. The fraction of sp³-hybridized carbons (Fsp3) is 0.739. The van der Waals surface area contributed by atoms with Gasteiger partial charge in [-0.15, -0.1) is 0 Å². The molecule has 0 radical (unpaired) electrons. The lowest BCUT2D eigenvalue weighted by Gasteiger charge is -2.45. The van der Waals surface area contributed by atoms with Crippen molar-refractivity contribution in [2.45, 2.75) is 64.4 Å². The zero-order chi connectivity index (χ0) is 17.9. The van der Waals surface area contributed by atoms with Crippen molar-refractivity contribution >= 4 is 0 Å². The number of nitrogens with zero attached hydrogens (tertiary/aromatic N) is 1. The van der Waals surface area contributed by atoms with Crippen molar-refractivity contribution in [2.24, 2.45) is 17.8 Å². The number of benzene rings is 1. The summed E-state index contributed by atoms with van der Waals surface area (Å²) in [4.78, 5) is 2.47. The third-order valence-corrected chi connectivity index (χ3v) is 7.15. The van der Waals surface area contributed by atoms with Gasteiger partial charge in [0.25, 0.3) is 0 Å². The Labute approximate surface area is 154 Å². The Morgan fingerprint density at radius 2 is 1.80 bits per heavy atom. The Balaban J connectivity index is 1.67. The first-order chi connectivity index (χ1) is 12.0. The van der Waals surface area contributed by atoms with Gasteiger partial charge in [-0.2, -0.15) is 0 Å². The van der Waals surface area contributed by atoms with Crippen LogP contribution in [0.1, 0.15) is 58.4 Å². The van der Waals surface area contributed by atoms with Crippen LogP contribution in [-0.4, -0.2) is 37.7 Å². The van der Waals surface area contributed by atoms with Crippen LogP contribution in [0.25, 0.3) is 0 Å². The minimum Gasteiger partial charge on any atom is -0.378 e. The minimum atomic E-state index is 0.288. The summed E-state index contributed by atoms with van der Waals surface area (Å²) in [6.07, 6.45) is 6.72. The van der Waals surface area contributed by atoms with Gasteiger partial charge in [0.05, 0.1) is 6.10 Å². The van der Waals surface area contributed by atoms with Crippen molar-refractivity contribution < 1.29 is 4.74 Å². The summed E-state index contributed by atoms with van der Waals surface area (Å²) >= 11 is 0. The van der Waals surface area contributed by atoms with E-state index in [1.807, 2.05) is 0 Å². The molecule has 2 aliphatic rings. The van der Waals surface area contributed by atoms with E-state index in [1.165, 1.54) is 44.3 Å². The molecular weight excluding hydrogens is 306 g/mol. The zero-order valence-corrected chi connectivity index (χ0v) is 16.7. The lowest BCUT2D eigenvalue weighted by molar-refractivity contribution is -0.0489. The third-order valence-electron chi connectivity index (χ3n) is 7.15. The first kappa shape index (κ1) is 18.9. The third kappa shape index (κ3) is 4.28. The van der Waals surface area contributed by atoms with E-state index in [-0.39, 0.29) is 5.41 Å². The smallest absolute Gasteiger partial charge is 0.0586 e. The van der Waals surface area contributed by atoms with Crippen molar-refractivity contribution in [1.29, 1.82) is 0 Å². The maximum atomic E-state index is 6.28. The molecule has 0 N–H and O–H groups in total. The average molecular weight is 344 g/mol. The van der Waals surface area contributed by atoms with E-state index in [0.29, 0.717) is 12.0 Å². The van der Waals surface area contributed by atoms with Crippen LogP contribution in [0.4, 0.5) is 0 Å². The van der Waals surface area contributed by atoms with Gasteiger partial charge in [-0.1, -0.05) is 51.1 Å². The second-order valence-corrected chi connectivity index (χ2v) is 8.98. The average Bonchev–Trinajstić information content (AvgIpc) is 2.63. The van der Waals surface area contributed by atoms with Gasteiger partial charge < -0.3 is 9.64 Å². The van der Waals surface area contributed by atoms with Gasteiger partial charge in [-0.25, -0.2) is 0 Å². The van der Waals surface area contributed by atoms with E-state index in [1.54, 1.807) is 0 Å². The maximum Gasteiger partial charge on any atom is 0.0586 e. The van der Waals surface area contributed by atoms with Crippen LogP contribution in [-0.2, 0) is 10.2 Å². The molecular formula is C23H37NO. The molecule has 0 aromatic heterocycles. The Kier molecular flexibility index (Phi) is 6.22. The molecule has 0 bridgehead atoms. The van der Waals surface area contributed by atoms with E-state index >= 15 is 0 Å². The molecule has 3 rings (SSSR count). The van der Waals surface area contributed by atoms with Crippen molar-refractivity contribution in [3.63, 3.8) is 0 Å². The lowest BCUT2D eigenvalue weighted by atomic mass is 9.64. The molecule has 2 heteroatoms. The summed E-state index contributed by atoms with van der Waals surface area (Å²) in [5.41, 5.74) is 1.81. The number of hydrogen-bond acceptors (Lipinski definition) is 2. The molecule has 25 heavy (non-hydrogen) atoms. The summed E-state index contributed by atoms with van der Waals surface area (Å²) in [5, 5.41) is 0. The molecule has 0 amide bonds. The van der Waals surface area contributed by atoms with Crippen molar-refractivity contribution in [3.8, 4) is 0 Å².